The van der Waals surface area contributed by atoms with Crippen LogP contribution in [0.2, 0.25) is 0 Å². The number of aliphatic hydroxyl groups is 1. The molecule has 176 valence electrons. The van der Waals surface area contributed by atoms with E-state index in [1.54, 1.807) is 28.9 Å². The van der Waals surface area contributed by atoms with Gasteiger partial charge >= 0.3 is 0 Å². The van der Waals surface area contributed by atoms with Crippen molar-refractivity contribution in [1.82, 2.24) is 14.8 Å². The van der Waals surface area contributed by atoms with Crippen LogP contribution in [0.1, 0.15) is 30.9 Å². The Morgan fingerprint density at radius 3 is 2.52 bits per heavy atom. The zero-order valence-electron chi connectivity index (χ0n) is 18.7. The summed E-state index contributed by atoms with van der Waals surface area (Å²) in [4.78, 5) is 4.05. The third-order valence-corrected chi connectivity index (χ3v) is 8.15. The largest absolute Gasteiger partial charge is 0.387 e. The standard InChI is InChI=1S/C24H28FN3O4S/c1-18-3-9-22(10-4-18)33(30,31)32-15-23(2)12-11-20(13-19-5-7-21(25)8-6-19)24(23,29)14-28-17-26-16-27-28/h3-10,16-17,20,29H,11-15H2,1-2H3. The highest BCUT2D eigenvalue weighted by molar-refractivity contribution is 7.86. The van der Waals surface area contributed by atoms with Crippen LogP contribution in [0.4, 0.5) is 4.39 Å². The van der Waals surface area contributed by atoms with E-state index in [0.717, 1.165) is 11.1 Å². The van der Waals surface area contributed by atoms with Crippen molar-refractivity contribution >= 4 is 10.1 Å². The van der Waals surface area contributed by atoms with E-state index in [-0.39, 0.29) is 29.8 Å². The van der Waals surface area contributed by atoms with Gasteiger partial charge in [-0.3, -0.25) is 8.86 Å². The second-order valence-electron chi connectivity index (χ2n) is 9.17. The van der Waals surface area contributed by atoms with Crippen LogP contribution in [0, 0.1) is 24.1 Å². The maximum absolute atomic E-state index is 13.4. The topological polar surface area (TPSA) is 94.3 Å². The Kier molecular flexibility index (Phi) is 6.39. The van der Waals surface area contributed by atoms with Crippen molar-refractivity contribution in [3.05, 3.63) is 78.1 Å². The second kappa shape index (κ2) is 8.96. The van der Waals surface area contributed by atoms with Gasteiger partial charge in [0.25, 0.3) is 10.1 Å². The van der Waals surface area contributed by atoms with Gasteiger partial charge in [0.2, 0.25) is 0 Å². The third kappa shape index (κ3) is 4.85. The molecule has 0 saturated heterocycles. The van der Waals surface area contributed by atoms with Crippen LogP contribution in [-0.2, 0) is 27.3 Å². The molecule has 1 saturated carbocycles. The van der Waals surface area contributed by atoms with Crippen LogP contribution < -0.4 is 0 Å². The van der Waals surface area contributed by atoms with E-state index in [2.05, 4.69) is 10.1 Å². The molecule has 3 atom stereocenters. The Labute approximate surface area is 193 Å². The van der Waals surface area contributed by atoms with Crippen molar-refractivity contribution in [3.8, 4) is 0 Å². The minimum absolute atomic E-state index is 0.0809. The monoisotopic (exact) mass is 473 g/mol. The molecule has 1 N–H and O–H groups in total. The molecule has 33 heavy (non-hydrogen) atoms. The van der Waals surface area contributed by atoms with Crippen LogP contribution in [0.25, 0.3) is 0 Å². The van der Waals surface area contributed by atoms with E-state index in [1.165, 1.54) is 36.9 Å². The molecular formula is C24H28FN3O4S. The maximum Gasteiger partial charge on any atom is 0.296 e. The van der Waals surface area contributed by atoms with Crippen molar-refractivity contribution in [1.29, 1.82) is 0 Å². The molecule has 1 aliphatic carbocycles. The molecule has 0 radical (unpaired) electrons. The lowest BCUT2D eigenvalue weighted by atomic mass is 9.71. The Balaban J connectivity index is 1.59. The molecule has 3 aromatic rings. The zero-order valence-corrected chi connectivity index (χ0v) is 19.5. The number of hydrogen-bond donors (Lipinski definition) is 1. The molecule has 4 rings (SSSR count). The van der Waals surface area contributed by atoms with E-state index >= 15 is 0 Å². The number of benzene rings is 2. The first-order chi connectivity index (χ1) is 15.6. The van der Waals surface area contributed by atoms with E-state index in [1.807, 2.05) is 13.8 Å². The maximum atomic E-state index is 13.4. The van der Waals surface area contributed by atoms with Crippen molar-refractivity contribution < 1.29 is 22.1 Å². The molecule has 0 amide bonds. The second-order valence-corrected chi connectivity index (χ2v) is 10.8. The minimum atomic E-state index is -3.98. The molecule has 0 spiro atoms. The summed E-state index contributed by atoms with van der Waals surface area (Å²) in [6.07, 6.45) is 4.66. The van der Waals surface area contributed by atoms with Crippen LogP contribution in [-0.4, -0.2) is 40.5 Å². The van der Waals surface area contributed by atoms with Crippen molar-refractivity contribution in [2.45, 2.75) is 50.2 Å². The normalized spacial score (nSPS) is 25.4. The average molecular weight is 474 g/mol. The zero-order chi connectivity index (χ0) is 23.7. The van der Waals surface area contributed by atoms with E-state index in [4.69, 9.17) is 4.18 Å². The predicted octanol–water partition coefficient (Wildman–Crippen LogP) is 3.52. The van der Waals surface area contributed by atoms with Gasteiger partial charge < -0.3 is 5.11 Å². The van der Waals surface area contributed by atoms with Gasteiger partial charge in [-0.05, 0) is 61.9 Å². The average Bonchev–Trinajstić information content (AvgIpc) is 3.37. The summed E-state index contributed by atoms with van der Waals surface area (Å²) in [5, 5.41) is 16.2. The molecule has 9 heteroatoms. The van der Waals surface area contributed by atoms with Crippen molar-refractivity contribution in [2.24, 2.45) is 11.3 Å². The Bertz CT molecular complexity index is 1180. The van der Waals surface area contributed by atoms with Gasteiger partial charge in [0, 0.05) is 5.41 Å². The van der Waals surface area contributed by atoms with Crippen molar-refractivity contribution in [2.75, 3.05) is 6.61 Å². The lowest BCUT2D eigenvalue weighted by molar-refractivity contribution is -0.112. The third-order valence-electron chi connectivity index (χ3n) is 6.87. The summed E-state index contributed by atoms with van der Waals surface area (Å²) < 4.78 is 46.0. The summed E-state index contributed by atoms with van der Waals surface area (Å²) in [7, 11) is -3.98. The summed E-state index contributed by atoms with van der Waals surface area (Å²) in [6, 6.07) is 12.7. The Hall–Kier alpha value is -2.62. The number of aromatic nitrogens is 3. The molecule has 3 unspecified atom stereocenters. The van der Waals surface area contributed by atoms with E-state index < -0.39 is 21.1 Å². The van der Waals surface area contributed by atoms with Gasteiger partial charge in [-0.1, -0.05) is 36.8 Å². The molecular weight excluding hydrogens is 445 g/mol. The van der Waals surface area contributed by atoms with E-state index in [0.29, 0.717) is 19.3 Å². The van der Waals surface area contributed by atoms with Gasteiger partial charge in [-0.25, -0.2) is 9.37 Å². The quantitative estimate of drug-likeness (QED) is 0.503. The van der Waals surface area contributed by atoms with Gasteiger partial charge in [0.05, 0.1) is 23.6 Å². The van der Waals surface area contributed by atoms with Crippen LogP contribution in [0.15, 0.2) is 66.1 Å². The number of nitrogens with zero attached hydrogens (tertiary/aromatic N) is 3. The highest BCUT2D eigenvalue weighted by Gasteiger charge is 2.57. The highest BCUT2D eigenvalue weighted by atomic mass is 32.2. The predicted molar refractivity (Wildman–Crippen MR) is 120 cm³/mol. The highest BCUT2D eigenvalue weighted by Crippen LogP contribution is 2.52. The fourth-order valence-corrected chi connectivity index (χ4v) is 5.70. The molecule has 0 aliphatic heterocycles. The summed E-state index contributed by atoms with van der Waals surface area (Å²) >= 11 is 0. The van der Waals surface area contributed by atoms with Gasteiger partial charge in [0.15, 0.2) is 0 Å². The SMILES string of the molecule is Cc1ccc(S(=O)(=O)OCC2(C)CCC(Cc3ccc(F)cc3)C2(O)Cn2cncn2)cc1. The smallest absolute Gasteiger partial charge is 0.296 e. The van der Waals surface area contributed by atoms with E-state index in [9.17, 15) is 17.9 Å². The van der Waals surface area contributed by atoms with Crippen molar-refractivity contribution in [3.63, 3.8) is 0 Å². The number of halogens is 1. The number of rotatable bonds is 8. The minimum Gasteiger partial charge on any atom is -0.387 e. The fourth-order valence-electron chi connectivity index (χ4n) is 4.68. The molecule has 1 aliphatic rings. The molecule has 1 aromatic heterocycles. The first-order valence-corrected chi connectivity index (χ1v) is 12.3. The van der Waals surface area contributed by atoms with Crippen LogP contribution in [0.5, 0.6) is 0 Å². The summed E-state index contributed by atoms with van der Waals surface area (Å²) in [5.41, 5.74) is -0.336. The van der Waals surface area contributed by atoms with Crippen LogP contribution >= 0.6 is 0 Å². The number of hydrogen-bond acceptors (Lipinski definition) is 6. The van der Waals surface area contributed by atoms with Gasteiger partial charge in [-0.15, -0.1) is 0 Å². The molecule has 7 nitrogen and oxygen atoms in total. The first kappa shape index (κ1) is 23.5. The van der Waals surface area contributed by atoms with Gasteiger partial charge in [-0.2, -0.15) is 13.5 Å². The molecule has 1 heterocycles. The summed E-state index contributed by atoms with van der Waals surface area (Å²) in [5.74, 6) is -0.523. The van der Waals surface area contributed by atoms with Gasteiger partial charge in [0.1, 0.15) is 18.5 Å². The van der Waals surface area contributed by atoms with Crippen LogP contribution in [0.3, 0.4) is 0 Å². The molecule has 2 aromatic carbocycles. The Morgan fingerprint density at radius 2 is 1.88 bits per heavy atom. The molecule has 0 bridgehead atoms. The summed E-state index contributed by atoms with van der Waals surface area (Å²) in [6.45, 7) is 3.69. The lowest BCUT2D eigenvalue weighted by Gasteiger charge is -2.42. The first-order valence-electron chi connectivity index (χ1n) is 10.9. The number of aryl methyl sites for hydroxylation is 1. The lowest BCUT2D eigenvalue weighted by Crippen LogP contribution is -2.53. The molecule has 1 fully saturated rings. The Morgan fingerprint density at radius 1 is 1.18 bits per heavy atom. The fraction of sp³-hybridized carbons (Fsp3) is 0.417.